The van der Waals surface area contributed by atoms with Crippen molar-refractivity contribution in [2.75, 3.05) is 50.1 Å². The number of anilines is 2. The molecule has 0 unspecified atom stereocenters. The first-order valence-electron chi connectivity index (χ1n) is 18.6. The third-order valence-electron chi connectivity index (χ3n) is 8.74. The Bertz CT molecular complexity index is 2700. The highest BCUT2D eigenvalue weighted by Crippen LogP contribution is 2.30. The molecule has 2 aromatic heterocycles. The molecule has 0 aliphatic carbocycles. The number of nitriles is 2. The minimum absolute atomic E-state index is 0. The number of nitrogens with two attached hydrogens (primary N) is 1. The molecule has 0 fully saturated rings. The van der Waals surface area contributed by atoms with E-state index in [1.54, 1.807) is 26.4 Å². The predicted molar refractivity (Wildman–Crippen MR) is 245 cm³/mol. The number of nitrogens with one attached hydrogen (secondary N) is 2. The number of methoxy groups -OCH3 is 2. The van der Waals surface area contributed by atoms with E-state index in [4.69, 9.17) is 38.4 Å². The van der Waals surface area contributed by atoms with Crippen LogP contribution in [0.15, 0.2) is 89.9 Å². The van der Waals surface area contributed by atoms with Gasteiger partial charge in [0.2, 0.25) is 6.08 Å². The van der Waals surface area contributed by atoms with Gasteiger partial charge in [-0.2, -0.15) is 10.5 Å². The highest BCUT2D eigenvalue weighted by molar-refractivity contribution is 6.18. The maximum absolute atomic E-state index is 11.7. The molecule has 14 heteroatoms. The summed E-state index contributed by atoms with van der Waals surface area (Å²) < 4.78 is 14.7. The van der Waals surface area contributed by atoms with E-state index in [1.165, 1.54) is 6.08 Å². The first-order valence-corrected chi connectivity index (χ1v) is 19.7. The number of hydrogen-bond donors (Lipinski definition) is 3. The number of aryl methyl sites for hydroxylation is 2. The molecule has 4 aromatic carbocycles. The highest BCUT2D eigenvalue weighted by Gasteiger charge is 2.17. The van der Waals surface area contributed by atoms with Crippen molar-refractivity contribution < 1.29 is 19.1 Å². The molecule has 0 saturated carbocycles. The van der Waals surface area contributed by atoms with Crippen molar-refractivity contribution in [1.29, 1.82) is 10.5 Å². The second-order valence-corrected chi connectivity index (χ2v) is 13.1. The summed E-state index contributed by atoms with van der Waals surface area (Å²) in [6.45, 7) is 6.22. The summed E-state index contributed by atoms with van der Waals surface area (Å²) in [7, 11) is 3.25. The predicted octanol–water partition coefficient (Wildman–Crippen LogP) is 9.02. The number of carbonyl (C=O) groups is 1. The van der Waals surface area contributed by atoms with Crippen molar-refractivity contribution in [3.8, 4) is 47.3 Å². The van der Waals surface area contributed by atoms with Crippen LogP contribution in [0.2, 0.25) is 0 Å². The van der Waals surface area contributed by atoms with E-state index >= 15 is 0 Å². The molecule has 6 aromatic rings. The number of aliphatic imine (C=N–C) groups is 1. The van der Waals surface area contributed by atoms with Crippen molar-refractivity contribution in [2.24, 2.45) is 4.99 Å². The molecule has 2 heterocycles. The van der Waals surface area contributed by atoms with Crippen LogP contribution in [0.1, 0.15) is 54.9 Å². The summed E-state index contributed by atoms with van der Waals surface area (Å²) in [5.74, 6) is 14.8. The summed E-state index contributed by atoms with van der Waals surface area (Å²) >= 11 is 10.7. The number of aromatic nitrogens is 2. The quantitative estimate of drug-likeness (QED) is 0.0428. The first-order chi connectivity index (χ1) is 29.2. The molecular weight excluding hydrogens is 811 g/mol. The molecule has 0 bridgehead atoms. The molecule has 0 atom stereocenters. The molecule has 61 heavy (non-hydrogen) atoms. The van der Waals surface area contributed by atoms with Crippen molar-refractivity contribution >= 4 is 68.5 Å². The zero-order valence-electron chi connectivity index (χ0n) is 33.5. The lowest BCUT2D eigenvalue weighted by Gasteiger charge is -2.06. The fourth-order valence-corrected chi connectivity index (χ4v) is 6.12. The Hall–Kier alpha value is -7.31. The molecule has 0 aliphatic heterocycles. The van der Waals surface area contributed by atoms with Crippen LogP contribution in [-0.2, 0) is 17.9 Å². The number of nitrogens with zero attached hydrogens (tertiary/aromatic N) is 5. The van der Waals surface area contributed by atoms with Gasteiger partial charge in [-0.1, -0.05) is 19.3 Å². The summed E-state index contributed by atoms with van der Waals surface area (Å²) in [6.07, 6.45) is 1.36. The van der Waals surface area contributed by atoms with E-state index in [2.05, 4.69) is 51.4 Å². The fraction of sp³-hybridized carbons (Fsp3) is 0.234. The van der Waals surface area contributed by atoms with E-state index in [-0.39, 0.29) is 13.5 Å². The van der Waals surface area contributed by atoms with E-state index in [0.29, 0.717) is 59.6 Å². The van der Waals surface area contributed by atoms with Gasteiger partial charge in [0, 0.05) is 76.8 Å². The van der Waals surface area contributed by atoms with Gasteiger partial charge in [-0.25, -0.2) is 14.6 Å². The smallest absolute Gasteiger partial charge is 0.319 e. The van der Waals surface area contributed by atoms with Crippen LogP contribution < -0.4 is 25.8 Å². The number of halogens is 2. The first kappa shape index (κ1) is 48.1. The van der Waals surface area contributed by atoms with Crippen LogP contribution in [0, 0.1) is 46.3 Å². The number of ether oxygens (including phenoxy) is 2. The van der Waals surface area contributed by atoms with Crippen molar-refractivity contribution in [2.45, 2.75) is 34.4 Å². The lowest BCUT2D eigenvalue weighted by atomic mass is 10.1. The average Bonchev–Trinajstić information content (AvgIpc) is 3.76. The Kier molecular flexibility index (Phi) is 19.4. The molecular formula is C47H46Cl2N8O4. The Morgan fingerprint density at radius 1 is 0.738 bits per heavy atom. The van der Waals surface area contributed by atoms with Crippen LogP contribution in [0.3, 0.4) is 0 Å². The van der Waals surface area contributed by atoms with Crippen LogP contribution in [-0.4, -0.2) is 60.3 Å². The number of urea groups is 1. The van der Waals surface area contributed by atoms with Gasteiger partial charge in [-0.15, -0.1) is 23.2 Å². The van der Waals surface area contributed by atoms with E-state index < -0.39 is 0 Å². The summed E-state index contributed by atoms with van der Waals surface area (Å²) in [5.41, 5.74) is 13.1. The molecule has 312 valence electrons. The van der Waals surface area contributed by atoms with Crippen molar-refractivity contribution in [3.05, 3.63) is 119 Å². The van der Waals surface area contributed by atoms with Gasteiger partial charge in [0.1, 0.15) is 35.0 Å². The van der Waals surface area contributed by atoms with Crippen LogP contribution in [0.4, 0.5) is 16.2 Å². The number of nitrogen functional groups attached to an aromatic ring is 1. The maximum Gasteiger partial charge on any atom is 0.319 e. The number of carbonyl (C=O) groups excluding carboxylic acids is 2. The largest absolute Gasteiger partial charge is 0.497 e. The number of isocyanates is 1. The molecule has 6 rings (SSSR count). The standard InChI is InChI=1S/C23H21ClN4O2.C20H17N3O.C3H4ClNO.CH4/c1-3-28-21(20(15-25)19-10-9-18(30-2)14-22(19)28)11-6-16-4-7-17(8-5-16)27-23(29)26-13-12-24;1-3-23-19(11-6-14-4-7-15(22)8-5-14)18(13-21)17-10-9-16(24-2)12-20(17)23;4-1-2-5-3-6;/h4-5,7-10,14H,3,12-13H2,1-2H3,(H2,26,27,29);4-5,7-10,12H,3,22H2,1-2H3;1-2H2;1H4. The van der Waals surface area contributed by atoms with Gasteiger partial charge < -0.3 is 35.0 Å². The lowest BCUT2D eigenvalue weighted by Crippen LogP contribution is -2.30. The van der Waals surface area contributed by atoms with Crippen LogP contribution in [0.5, 0.6) is 11.5 Å². The number of hydrogen-bond acceptors (Lipinski definition) is 8. The zero-order valence-corrected chi connectivity index (χ0v) is 35.0. The number of alkyl halides is 2. The normalized spacial score (nSPS) is 9.57. The topological polar surface area (TPSA) is 172 Å². The second kappa shape index (κ2) is 24.6. The Morgan fingerprint density at radius 2 is 1.21 bits per heavy atom. The SMILES string of the molecule is C.CCn1c(C#Cc2ccc(N)cc2)c(C#N)c2ccc(OC)cc21.CCn1c(C#Cc2ccc(NC(=O)NCCCl)cc2)c(C#N)c2ccc(OC)cc21.O=C=NCCCl. The van der Waals surface area contributed by atoms with Crippen molar-refractivity contribution in [1.82, 2.24) is 14.5 Å². The van der Waals surface area contributed by atoms with Gasteiger partial charge in [-0.05, 0) is 98.5 Å². The van der Waals surface area contributed by atoms with Gasteiger partial charge in [0.05, 0.1) is 42.9 Å². The number of rotatable bonds is 9. The lowest BCUT2D eigenvalue weighted by molar-refractivity contribution is 0.252. The van der Waals surface area contributed by atoms with Crippen molar-refractivity contribution in [3.63, 3.8) is 0 Å². The van der Waals surface area contributed by atoms with Crippen LogP contribution >= 0.6 is 23.2 Å². The average molecular weight is 858 g/mol. The molecule has 0 spiro atoms. The van der Waals surface area contributed by atoms with Gasteiger partial charge >= 0.3 is 6.03 Å². The minimum atomic E-state index is -0.309. The third kappa shape index (κ3) is 12.6. The monoisotopic (exact) mass is 856 g/mol. The van der Waals surface area contributed by atoms with Gasteiger partial charge in [0.25, 0.3) is 0 Å². The van der Waals surface area contributed by atoms with Gasteiger partial charge in [-0.3, -0.25) is 0 Å². The molecule has 0 aliphatic rings. The molecule has 2 amide bonds. The Labute approximate surface area is 366 Å². The highest BCUT2D eigenvalue weighted by atomic mass is 35.5. The van der Waals surface area contributed by atoms with E-state index in [9.17, 15) is 20.1 Å². The Morgan fingerprint density at radius 3 is 1.59 bits per heavy atom. The zero-order chi connectivity index (χ0) is 43.4. The maximum atomic E-state index is 11.7. The number of amides is 2. The molecule has 0 saturated heterocycles. The fourth-order valence-electron chi connectivity index (χ4n) is 5.95. The summed E-state index contributed by atoms with van der Waals surface area (Å²) in [6, 6.07) is 30.2. The molecule has 4 N–H and O–H groups in total. The third-order valence-corrected chi connectivity index (χ3v) is 9.10. The van der Waals surface area contributed by atoms with Gasteiger partial charge in [0.15, 0.2) is 0 Å². The second-order valence-electron chi connectivity index (χ2n) is 12.4. The van der Waals surface area contributed by atoms with E-state index in [1.807, 2.05) is 95.8 Å². The number of benzene rings is 4. The molecule has 12 nitrogen and oxygen atoms in total. The molecule has 0 radical (unpaired) electrons. The van der Waals surface area contributed by atoms with E-state index in [0.717, 1.165) is 56.7 Å². The summed E-state index contributed by atoms with van der Waals surface area (Å²) in [5, 5.41) is 26.4. The van der Waals surface area contributed by atoms with Crippen LogP contribution in [0.25, 0.3) is 21.8 Å². The number of fused-ring (bicyclic) bond motifs is 2. The minimum Gasteiger partial charge on any atom is -0.497 e. The Balaban J connectivity index is 0.000000288. The summed E-state index contributed by atoms with van der Waals surface area (Å²) in [4.78, 5) is 24.1.